The van der Waals surface area contributed by atoms with Crippen LogP contribution in [0, 0.1) is 0 Å². The first-order valence-corrected chi connectivity index (χ1v) is 8.80. The van der Waals surface area contributed by atoms with Crippen LogP contribution in [0.5, 0.6) is 0 Å². The highest BCUT2D eigenvalue weighted by Gasteiger charge is 2.06. The van der Waals surface area contributed by atoms with Crippen LogP contribution in [0.4, 0.5) is 16.2 Å². The van der Waals surface area contributed by atoms with Gasteiger partial charge in [-0.1, -0.05) is 41.9 Å². The lowest BCUT2D eigenvalue weighted by Gasteiger charge is -2.08. The van der Waals surface area contributed by atoms with E-state index in [1.54, 1.807) is 54.7 Å². The number of urea groups is 1. The molecule has 0 spiro atoms. The van der Waals surface area contributed by atoms with Crippen molar-refractivity contribution in [1.82, 2.24) is 5.43 Å². The maximum Gasteiger partial charge on any atom is 0.323 e. The van der Waals surface area contributed by atoms with E-state index in [-0.39, 0.29) is 5.91 Å². The summed E-state index contributed by atoms with van der Waals surface area (Å²) in [5.74, 6) is -0.343. The Hall–Kier alpha value is -3.64. The van der Waals surface area contributed by atoms with Gasteiger partial charge in [0.2, 0.25) is 0 Å². The Morgan fingerprint density at radius 3 is 1.96 bits per heavy atom. The van der Waals surface area contributed by atoms with Crippen molar-refractivity contribution in [3.8, 4) is 0 Å². The summed E-state index contributed by atoms with van der Waals surface area (Å²) in [6.07, 6.45) is 1.56. The monoisotopic (exact) mass is 392 g/mol. The number of carbonyl (C=O) groups excluding carboxylic acids is 2. The number of hydrogen-bond acceptors (Lipinski definition) is 3. The zero-order chi connectivity index (χ0) is 19.8. The fourth-order valence-electron chi connectivity index (χ4n) is 2.30. The van der Waals surface area contributed by atoms with Crippen LogP contribution in [-0.2, 0) is 0 Å². The number of hydrazone groups is 1. The van der Waals surface area contributed by atoms with E-state index in [4.69, 9.17) is 11.6 Å². The highest BCUT2D eigenvalue weighted by molar-refractivity contribution is 6.30. The van der Waals surface area contributed by atoms with Gasteiger partial charge in [-0.25, -0.2) is 10.2 Å². The van der Waals surface area contributed by atoms with Gasteiger partial charge in [-0.2, -0.15) is 5.10 Å². The van der Waals surface area contributed by atoms with Crippen LogP contribution < -0.4 is 16.1 Å². The van der Waals surface area contributed by atoms with Crippen molar-refractivity contribution in [2.24, 2.45) is 5.10 Å². The van der Waals surface area contributed by atoms with Crippen LogP contribution in [-0.4, -0.2) is 18.2 Å². The van der Waals surface area contributed by atoms with Crippen LogP contribution in [0.1, 0.15) is 15.9 Å². The highest BCUT2D eigenvalue weighted by Crippen LogP contribution is 2.14. The minimum Gasteiger partial charge on any atom is -0.308 e. The molecule has 0 aromatic heterocycles. The Morgan fingerprint density at radius 2 is 1.36 bits per heavy atom. The molecule has 0 bridgehead atoms. The molecule has 0 heterocycles. The predicted octanol–water partition coefficient (Wildman–Crippen LogP) is 4.75. The average Bonchev–Trinajstić information content (AvgIpc) is 2.71. The zero-order valence-corrected chi connectivity index (χ0v) is 15.5. The third kappa shape index (κ3) is 5.69. The molecule has 140 valence electrons. The summed E-state index contributed by atoms with van der Waals surface area (Å²) in [6, 6.07) is 22.3. The second-order valence-corrected chi connectivity index (χ2v) is 6.21. The summed E-state index contributed by atoms with van der Waals surface area (Å²) in [6.45, 7) is 0. The van der Waals surface area contributed by atoms with Crippen molar-refractivity contribution in [2.75, 3.05) is 10.6 Å². The summed E-state index contributed by atoms with van der Waals surface area (Å²) in [4.78, 5) is 24.1. The minimum atomic E-state index is -0.396. The lowest BCUT2D eigenvalue weighted by atomic mass is 10.2. The quantitative estimate of drug-likeness (QED) is 0.432. The molecule has 0 radical (unpaired) electrons. The third-order valence-electron chi connectivity index (χ3n) is 3.69. The molecule has 0 aliphatic rings. The Bertz CT molecular complexity index is 972. The van der Waals surface area contributed by atoms with Gasteiger partial charge in [0.25, 0.3) is 5.91 Å². The van der Waals surface area contributed by atoms with Crippen molar-refractivity contribution >= 4 is 41.1 Å². The number of rotatable bonds is 5. The molecule has 0 aliphatic heterocycles. The largest absolute Gasteiger partial charge is 0.323 e. The second-order valence-electron chi connectivity index (χ2n) is 5.77. The maximum atomic E-state index is 12.1. The van der Waals surface area contributed by atoms with Gasteiger partial charge in [-0.05, 0) is 54.1 Å². The molecular weight excluding hydrogens is 376 g/mol. The van der Waals surface area contributed by atoms with Gasteiger partial charge in [0, 0.05) is 22.0 Å². The minimum absolute atomic E-state index is 0.343. The Balaban J connectivity index is 1.52. The van der Waals surface area contributed by atoms with Gasteiger partial charge in [-0.15, -0.1) is 0 Å². The van der Waals surface area contributed by atoms with E-state index in [1.807, 2.05) is 30.3 Å². The van der Waals surface area contributed by atoms with Gasteiger partial charge < -0.3 is 10.6 Å². The van der Waals surface area contributed by atoms with Crippen molar-refractivity contribution < 1.29 is 9.59 Å². The van der Waals surface area contributed by atoms with E-state index < -0.39 is 6.03 Å². The van der Waals surface area contributed by atoms with Crippen LogP contribution >= 0.6 is 11.6 Å². The fraction of sp³-hybridized carbons (Fsp3) is 0. The van der Waals surface area contributed by atoms with E-state index >= 15 is 0 Å². The molecule has 0 atom stereocenters. The van der Waals surface area contributed by atoms with Crippen LogP contribution in [0.2, 0.25) is 5.02 Å². The van der Waals surface area contributed by atoms with Gasteiger partial charge in [-0.3, -0.25) is 4.79 Å². The fourth-order valence-corrected chi connectivity index (χ4v) is 2.43. The van der Waals surface area contributed by atoms with Crippen LogP contribution in [0.25, 0.3) is 0 Å². The molecule has 0 fully saturated rings. The molecule has 6 nitrogen and oxygen atoms in total. The molecule has 0 aliphatic carbocycles. The molecule has 0 unspecified atom stereocenters. The standard InChI is InChI=1S/C21H17ClN4O2/c22-17-8-12-19(13-9-17)25-21(28)24-18-10-6-16(7-11-18)20(27)26-23-14-15-4-2-1-3-5-15/h1-14H,(H,26,27)(H2,24,25,28)/b23-14-. The first-order valence-electron chi connectivity index (χ1n) is 8.42. The molecule has 3 N–H and O–H groups in total. The summed E-state index contributed by atoms with van der Waals surface area (Å²) >= 11 is 5.81. The normalized spacial score (nSPS) is 10.5. The van der Waals surface area contributed by atoms with E-state index in [0.717, 1.165) is 5.56 Å². The zero-order valence-electron chi connectivity index (χ0n) is 14.7. The number of nitrogens with zero attached hydrogens (tertiary/aromatic N) is 1. The lowest BCUT2D eigenvalue weighted by molar-refractivity contribution is 0.0955. The van der Waals surface area contributed by atoms with Gasteiger partial charge in [0.1, 0.15) is 0 Å². The second kappa shape index (κ2) is 9.34. The molecule has 3 rings (SSSR count). The van der Waals surface area contributed by atoms with Crippen molar-refractivity contribution in [2.45, 2.75) is 0 Å². The number of anilines is 2. The van der Waals surface area contributed by atoms with E-state index in [9.17, 15) is 9.59 Å². The van der Waals surface area contributed by atoms with Gasteiger partial charge in [0.15, 0.2) is 0 Å². The Labute approximate surface area is 167 Å². The first-order chi connectivity index (χ1) is 13.6. The Kier molecular flexibility index (Phi) is 6.38. The van der Waals surface area contributed by atoms with Crippen LogP contribution in [0.3, 0.4) is 0 Å². The maximum absolute atomic E-state index is 12.1. The number of benzene rings is 3. The average molecular weight is 393 g/mol. The summed E-state index contributed by atoms with van der Waals surface area (Å²) in [5.41, 5.74) is 4.94. The van der Waals surface area contributed by atoms with Crippen molar-refractivity contribution in [3.63, 3.8) is 0 Å². The van der Waals surface area contributed by atoms with E-state index in [0.29, 0.717) is 22.0 Å². The molecule has 7 heteroatoms. The topological polar surface area (TPSA) is 82.6 Å². The highest BCUT2D eigenvalue weighted by atomic mass is 35.5. The van der Waals surface area contributed by atoms with Crippen molar-refractivity contribution in [1.29, 1.82) is 0 Å². The summed E-state index contributed by atoms with van der Waals surface area (Å²) in [5, 5.41) is 9.90. The number of hydrogen-bond donors (Lipinski definition) is 3. The van der Waals surface area contributed by atoms with E-state index in [1.165, 1.54) is 0 Å². The predicted molar refractivity (Wildman–Crippen MR) is 112 cm³/mol. The first kappa shape index (κ1) is 19.1. The van der Waals surface area contributed by atoms with Gasteiger partial charge >= 0.3 is 6.03 Å². The molecule has 28 heavy (non-hydrogen) atoms. The van der Waals surface area contributed by atoms with Crippen molar-refractivity contribution in [3.05, 3.63) is 95.0 Å². The Morgan fingerprint density at radius 1 is 0.786 bits per heavy atom. The molecular formula is C21H17ClN4O2. The third-order valence-corrected chi connectivity index (χ3v) is 3.94. The molecule has 0 saturated carbocycles. The molecule has 3 aromatic carbocycles. The molecule has 0 saturated heterocycles. The number of amides is 3. The van der Waals surface area contributed by atoms with Crippen LogP contribution in [0.15, 0.2) is 84.0 Å². The molecule has 3 amide bonds. The number of halogens is 1. The summed E-state index contributed by atoms with van der Waals surface area (Å²) < 4.78 is 0. The number of carbonyl (C=O) groups is 2. The molecule has 3 aromatic rings. The summed E-state index contributed by atoms with van der Waals surface area (Å²) in [7, 11) is 0. The smallest absolute Gasteiger partial charge is 0.308 e. The van der Waals surface area contributed by atoms with E-state index in [2.05, 4.69) is 21.2 Å². The lowest BCUT2D eigenvalue weighted by Crippen LogP contribution is -2.20. The SMILES string of the molecule is O=C(Nc1ccc(Cl)cc1)Nc1ccc(C(=O)N/N=C\c2ccccc2)cc1. The number of nitrogens with one attached hydrogen (secondary N) is 3. The van der Waals surface area contributed by atoms with Gasteiger partial charge in [0.05, 0.1) is 6.21 Å².